The van der Waals surface area contributed by atoms with E-state index in [1.54, 1.807) is 17.4 Å². The molecule has 0 unspecified atom stereocenters. The molecular formula is C63H54N8S. The van der Waals surface area contributed by atoms with Crippen molar-refractivity contribution in [3.8, 4) is 28.2 Å². The van der Waals surface area contributed by atoms with Crippen LogP contribution in [0.25, 0.3) is 92.1 Å². The number of aliphatic imine (C=N–C) groups is 1. The number of rotatable bonds is 6. The summed E-state index contributed by atoms with van der Waals surface area (Å²) in [6, 6.07) is 60.0. The highest BCUT2D eigenvalue weighted by molar-refractivity contribution is 7.25. The fourth-order valence-electron chi connectivity index (χ4n) is 8.70. The summed E-state index contributed by atoms with van der Waals surface area (Å²) >= 11 is 1.79. The zero-order chi connectivity index (χ0) is 50.0. The number of pyridine rings is 1. The number of nitrogens with two attached hydrogens (primary N) is 1. The van der Waals surface area contributed by atoms with E-state index < -0.39 is 0 Å². The van der Waals surface area contributed by atoms with Gasteiger partial charge in [0.05, 0.1) is 45.0 Å². The maximum Gasteiger partial charge on any atom is 0.154 e. The van der Waals surface area contributed by atoms with Gasteiger partial charge in [-0.3, -0.25) is 15.4 Å². The number of para-hydroxylation sites is 2. The van der Waals surface area contributed by atoms with Gasteiger partial charge in [0.1, 0.15) is 5.84 Å². The average molecular weight is 955 g/mol. The smallest absolute Gasteiger partial charge is 0.154 e. The first-order valence-corrected chi connectivity index (χ1v) is 24.6. The molecule has 0 saturated carbocycles. The average Bonchev–Trinajstić information content (AvgIpc) is 4.08. The normalized spacial score (nSPS) is 11.5. The molecule has 0 saturated heterocycles. The topological polar surface area (TPSA) is 111 Å². The van der Waals surface area contributed by atoms with Gasteiger partial charge in [0.25, 0.3) is 0 Å². The Balaban J connectivity index is 0.000000204. The first-order chi connectivity index (χ1) is 35.3. The summed E-state index contributed by atoms with van der Waals surface area (Å²) in [7, 11) is 2.12. The quantitative estimate of drug-likeness (QED) is 0.0748. The van der Waals surface area contributed by atoms with E-state index in [0.717, 1.165) is 50.4 Å². The molecule has 5 aromatic heterocycles. The third kappa shape index (κ3) is 10.0. The van der Waals surface area contributed by atoms with E-state index in [-0.39, 0.29) is 5.84 Å². The second kappa shape index (κ2) is 22.1. The monoisotopic (exact) mass is 954 g/mol. The van der Waals surface area contributed by atoms with E-state index >= 15 is 0 Å². The lowest BCUT2D eigenvalue weighted by molar-refractivity contribution is 1.01. The highest BCUT2D eigenvalue weighted by atomic mass is 32.1. The Morgan fingerprint density at radius 3 is 1.79 bits per heavy atom. The van der Waals surface area contributed by atoms with Gasteiger partial charge >= 0.3 is 0 Å². The van der Waals surface area contributed by atoms with Crippen LogP contribution >= 0.6 is 11.3 Å². The fourth-order valence-corrected chi connectivity index (χ4v) is 9.74. The van der Waals surface area contributed by atoms with E-state index in [2.05, 4.69) is 142 Å². The molecule has 9 heteroatoms. The number of aryl methyl sites for hydroxylation is 1. The molecule has 0 bridgehead atoms. The summed E-state index contributed by atoms with van der Waals surface area (Å²) < 4.78 is 7.07. The number of nitrogens with one attached hydrogen (secondary N) is 1. The van der Waals surface area contributed by atoms with E-state index in [0.29, 0.717) is 5.84 Å². The summed E-state index contributed by atoms with van der Waals surface area (Å²) in [5, 5.41) is 13.9. The SMILES string of the molecule is C/C=C\C.C=C/C=C\C.Cn1c2ccccc2c2cc(-c3cncc(-c4ccc5c(c4)c4ccccc4n5-c4ccc5sc6cccnc6c5c4)n3)ccc21.N=C(N=C(N)c1ccccc1)c1ccccc1. The Kier molecular flexibility index (Phi) is 14.8. The van der Waals surface area contributed by atoms with Crippen molar-refractivity contribution in [2.45, 2.75) is 20.8 Å². The minimum Gasteiger partial charge on any atom is -0.383 e. The van der Waals surface area contributed by atoms with Crippen LogP contribution in [0.3, 0.4) is 0 Å². The summed E-state index contributed by atoms with van der Waals surface area (Å²) in [6.45, 7) is 9.42. The van der Waals surface area contributed by atoms with Gasteiger partial charge in [-0.05, 0) is 87.5 Å². The van der Waals surface area contributed by atoms with Gasteiger partial charge < -0.3 is 14.9 Å². The number of hydrogen-bond donors (Lipinski definition) is 2. The Labute approximate surface area is 423 Å². The van der Waals surface area contributed by atoms with Crippen molar-refractivity contribution in [3.05, 3.63) is 243 Å². The molecule has 8 nitrogen and oxygen atoms in total. The second-order valence-corrected chi connectivity index (χ2v) is 17.9. The first-order valence-electron chi connectivity index (χ1n) is 23.8. The molecule has 0 radical (unpaired) electrons. The molecule has 72 heavy (non-hydrogen) atoms. The van der Waals surface area contributed by atoms with Crippen LogP contribution in [0.15, 0.2) is 236 Å². The summed E-state index contributed by atoms with van der Waals surface area (Å²) in [6.07, 6.45) is 15.2. The van der Waals surface area contributed by atoms with Gasteiger partial charge in [0.15, 0.2) is 5.84 Å². The molecule has 7 aromatic carbocycles. The van der Waals surface area contributed by atoms with Crippen molar-refractivity contribution >= 4 is 86.9 Å². The predicted molar refractivity (Wildman–Crippen MR) is 308 cm³/mol. The highest BCUT2D eigenvalue weighted by Gasteiger charge is 2.16. The van der Waals surface area contributed by atoms with Crippen LogP contribution in [0.4, 0.5) is 0 Å². The largest absolute Gasteiger partial charge is 0.383 e. The van der Waals surface area contributed by atoms with Crippen molar-refractivity contribution < 1.29 is 0 Å². The maximum absolute atomic E-state index is 7.84. The molecular weight excluding hydrogens is 901 g/mol. The lowest BCUT2D eigenvalue weighted by Gasteiger charge is -2.09. The van der Waals surface area contributed by atoms with Gasteiger partial charge in [-0.1, -0.05) is 146 Å². The van der Waals surface area contributed by atoms with Gasteiger partial charge in [-0.2, -0.15) is 0 Å². The van der Waals surface area contributed by atoms with Crippen molar-refractivity contribution in [1.29, 1.82) is 5.41 Å². The molecule has 0 aliphatic carbocycles. The van der Waals surface area contributed by atoms with Gasteiger partial charge in [-0.15, -0.1) is 11.3 Å². The van der Waals surface area contributed by atoms with Crippen molar-refractivity contribution in [2.24, 2.45) is 17.8 Å². The minimum atomic E-state index is 0.173. The van der Waals surface area contributed by atoms with E-state index in [1.807, 2.05) is 130 Å². The van der Waals surface area contributed by atoms with Crippen LogP contribution in [0.2, 0.25) is 0 Å². The van der Waals surface area contributed by atoms with Crippen LogP contribution in [0.1, 0.15) is 31.9 Å². The molecule has 12 aromatic rings. The third-order valence-corrected chi connectivity index (χ3v) is 13.4. The van der Waals surface area contributed by atoms with Crippen molar-refractivity contribution in [3.63, 3.8) is 0 Å². The molecule has 0 aliphatic heterocycles. The summed E-state index contributed by atoms with van der Waals surface area (Å²) in [4.78, 5) is 18.6. The lowest BCUT2D eigenvalue weighted by Crippen LogP contribution is -2.15. The van der Waals surface area contributed by atoms with Crippen LogP contribution in [-0.2, 0) is 7.05 Å². The van der Waals surface area contributed by atoms with Crippen LogP contribution in [-0.4, -0.2) is 35.8 Å². The van der Waals surface area contributed by atoms with E-state index in [1.165, 1.54) is 52.9 Å². The zero-order valence-corrected chi connectivity index (χ0v) is 41.6. The number of thiophene rings is 1. The number of aromatic nitrogens is 5. The Morgan fingerprint density at radius 2 is 1.15 bits per heavy atom. The molecule has 0 spiro atoms. The first kappa shape index (κ1) is 48.0. The van der Waals surface area contributed by atoms with Crippen molar-refractivity contribution in [1.82, 2.24) is 24.1 Å². The molecule has 0 atom stereocenters. The number of benzene rings is 7. The molecule has 352 valence electrons. The van der Waals surface area contributed by atoms with E-state index in [9.17, 15) is 0 Å². The van der Waals surface area contributed by atoms with Gasteiger partial charge in [-0.25, -0.2) is 9.98 Å². The van der Waals surface area contributed by atoms with Gasteiger partial charge in [0.2, 0.25) is 0 Å². The maximum atomic E-state index is 7.84. The Morgan fingerprint density at radius 1 is 0.583 bits per heavy atom. The fraction of sp³-hybridized carbons (Fsp3) is 0.0635. The lowest BCUT2D eigenvalue weighted by atomic mass is 10.1. The van der Waals surface area contributed by atoms with Crippen LogP contribution in [0.5, 0.6) is 0 Å². The molecule has 0 amide bonds. The van der Waals surface area contributed by atoms with Crippen LogP contribution in [0, 0.1) is 5.41 Å². The molecule has 3 N–H and O–H groups in total. The standard InChI is InChI=1S/C40H25N5S.C14H13N3.C5H8.C4H8/c1-44-34-9-4-2-7-27(34)29-19-24(12-15-35(29)44)32-22-41-23-33(43-32)25-13-16-37-30(20-25)28-8-3-5-10-36(28)45(37)26-14-17-38-31(21-26)40-39(46-38)11-6-18-42-40;15-13(11-7-3-1-4-8-11)17-14(16)12-9-5-2-6-10-12;1-3-5-4-2;1-3-4-2/h2-23H,1H3;1-10H,(H3,15,16,17);3-5H,1H2,2H3;3-4H,1-2H3/b;;5-4-;4-3-. The van der Waals surface area contributed by atoms with Crippen LogP contribution < -0.4 is 5.73 Å². The summed E-state index contributed by atoms with van der Waals surface area (Å²) in [5.74, 6) is 0.534. The molecule has 0 fully saturated rings. The Hall–Kier alpha value is -9.05. The third-order valence-electron chi connectivity index (χ3n) is 12.3. The Bertz CT molecular complexity index is 3960. The molecule has 12 rings (SSSR count). The zero-order valence-electron chi connectivity index (χ0n) is 40.7. The molecule has 5 heterocycles. The van der Waals surface area contributed by atoms with E-state index in [4.69, 9.17) is 21.1 Å². The number of nitrogens with zero attached hydrogens (tertiary/aromatic N) is 6. The number of hydrogen-bond acceptors (Lipinski definition) is 5. The highest BCUT2D eigenvalue weighted by Crippen LogP contribution is 2.39. The number of allylic oxidation sites excluding steroid dienone is 5. The number of amidine groups is 2. The predicted octanol–water partition coefficient (Wildman–Crippen LogP) is 16.1. The minimum absolute atomic E-state index is 0.173. The van der Waals surface area contributed by atoms with Gasteiger partial charge in [0, 0.05) is 83.9 Å². The summed E-state index contributed by atoms with van der Waals surface area (Å²) in [5.41, 5.74) is 18.2. The second-order valence-electron chi connectivity index (χ2n) is 16.8. The number of fused-ring (bicyclic) bond motifs is 9. The molecule has 0 aliphatic rings. The van der Waals surface area contributed by atoms with Crippen molar-refractivity contribution in [2.75, 3.05) is 0 Å².